The Morgan fingerprint density at radius 1 is 0.602 bits per heavy atom. The second-order valence-corrected chi connectivity index (χ2v) is 31.5. The molecule has 7 amide bonds. The highest BCUT2D eigenvalue weighted by Gasteiger charge is 2.46. The van der Waals surface area contributed by atoms with Gasteiger partial charge in [0.05, 0.1) is 159 Å². The Kier molecular flexibility index (Phi) is 37.8. The quantitative estimate of drug-likeness (QED) is 0.0241. The van der Waals surface area contributed by atoms with Crippen LogP contribution in [0.2, 0.25) is 0 Å². The molecule has 0 saturated carbocycles. The molecule has 118 heavy (non-hydrogen) atoms. The summed E-state index contributed by atoms with van der Waals surface area (Å²) in [6.45, 7) is 24.2. The standard InChI is InChI=1S/C62H69N5O12.C26H48N2O10S/c1-7-76-24-21-47(68)29-48(37(2)3)58(70)64-39(5)54(69)26-40-17-19-41(20-18-40)36-79-62(74)67-52-32-55(38(4)25-50(52)60(72)66-35-45-16-11-9-14-43(45)28-53(66)61(67)73)77-22-12-23-78-57-31-51-49(30-56(57)75-6)59(71)65-34-44-15-10-8-13-42(44)27-46(65)33-63-51;1-4-32-9-10-34-13-14-36-17-18-38-20-19-37-16-15-35-12-11-33-8-6-27-24(29)5-7-28-25(30)21-23(26(28)31)39-22(2)3/h8-11,13-20,25,30-33,37,39,46,48,53,61,73H,7,12,21-24,26-29,34-36H2,1-6H3,(H,64,70);22-23H,4-21H2,1-3H3,(H,27,29)/t39-,46?,48-,53?,61?;/m0./s1. The second kappa shape index (κ2) is 48.1. The predicted molar refractivity (Wildman–Crippen MR) is 443 cm³/mol. The molecule has 5 aliphatic rings. The number of nitrogens with one attached hydrogen (secondary N) is 2. The number of ketones is 2. The molecule has 1 fully saturated rings. The molecular formula is C88H117N7O22S. The first-order valence-electron chi connectivity index (χ1n) is 40.9. The highest BCUT2D eigenvalue weighted by Crippen LogP contribution is 2.42. The first-order valence-corrected chi connectivity index (χ1v) is 41.9. The van der Waals surface area contributed by atoms with Crippen LogP contribution in [0.5, 0.6) is 17.2 Å². The van der Waals surface area contributed by atoms with Crippen molar-refractivity contribution in [1.82, 2.24) is 25.3 Å². The van der Waals surface area contributed by atoms with Crippen LogP contribution in [0.4, 0.5) is 16.2 Å². The summed E-state index contributed by atoms with van der Waals surface area (Å²) in [5.41, 5.74) is 7.40. The maximum absolute atomic E-state index is 14.6. The number of hydrogen-bond acceptors (Lipinski definition) is 24. The summed E-state index contributed by atoms with van der Waals surface area (Å²) in [5.74, 6) is -1.23. The zero-order valence-electron chi connectivity index (χ0n) is 69.5. The van der Waals surface area contributed by atoms with E-state index < -0.39 is 30.3 Å². The SMILES string of the molecule is CCOCCC(=O)C[C@H](C(=O)N[C@@H](C)C(=O)Cc1ccc(COC(=O)N2c3cc(OCCCOc4cc5c(cc4OC)C(=O)N4Cc6ccccc6CC4C=N5)c(C)cc3C(=O)N3Cc4ccccc4CC3C2O)cc1)C(C)C.CCOCCOCCOCCOCCOCCOCCOCCNC(=O)CCN1C(=O)CC(SC(C)C)C1=O. The monoisotopic (exact) mass is 1660 g/mol. The second-order valence-electron chi connectivity index (χ2n) is 29.7. The molecule has 6 atom stereocenters. The molecule has 0 radical (unpaired) electrons. The van der Waals surface area contributed by atoms with Gasteiger partial charge in [0.1, 0.15) is 18.1 Å². The summed E-state index contributed by atoms with van der Waals surface area (Å²) in [6.07, 6.45) is 1.44. The summed E-state index contributed by atoms with van der Waals surface area (Å²) in [4.78, 5) is 129. The molecule has 30 heteroatoms. The summed E-state index contributed by atoms with van der Waals surface area (Å²) >= 11 is 1.49. The molecule has 1 saturated heterocycles. The molecule has 3 N–H and O–H groups in total. The van der Waals surface area contributed by atoms with Crippen molar-refractivity contribution < 1.29 is 105 Å². The van der Waals surface area contributed by atoms with Gasteiger partial charge in [-0.15, -0.1) is 11.8 Å². The number of benzene rings is 5. The molecule has 4 unspecified atom stereocenters. The van der Waals surface area contributed by atoms with Crippen molar-refractivity contribution in [2.45, 2.75) is 161 Å². The number of carbonyl (C=O) groups excluding carboxylic acids is 9. The fraction of sp³-hybridized carbons (Fsp3) is 0.545. The molecule has 5 aromatic rings. The lowest BCUT2D eigenvalue weighted by atomic mass is 9.88. The lowest BCUT2D eigenvalue weighted by Gasteiger charge is -2.39. The Morgan fingerprint density at radius 2 is 1.16 bits per heavy atom. The number of carbonyl (C=O) groups is 9. The number of aryl methyl sites for hydroxylation is 1. The Hall–Kier alpha value is -9.21. The van der Waals surface area contributed by atoms with E-state index in [1.165, 1.54) is 29.3 Å². The van der Waals surface area contributed by atoms with Gasteiger partial charge in [-0.2, -0.15) is 0 Å². The zero-order chi connectivity index (χ0) is 84.5. The number of Topliss-reactive ketones (excluding diaryl/α,β-unsaturated/α-hetero) is 2. The lowest BCUT2D eigenvalue weighted by Crippen LogP contribution is -2.55. The minimum atomic E-state index is -1.50. The molecule has 5 heterocycles. The maximum Gasteiger partial charge on any atom is 0.416 e. The highest BCUT2D eigenvalue weighted by atomic mass is 32.2. The molecular weight excluding hydrogens is 1540 g/mol. The van der Waals surface area contributed by atoms with Gasteiger partial charge in [0.2, 0.25) is 23.6 Å². The van der Waals surface area contributed by atoms with Crippen LogP contribution in [0.1, 0.15) is 140 Å². The number of aliphatic hydroxyl groups excluding tert-OH is 1. The van der Waals surface area contributed by atoms with E-state index in [-0.39, 0.29) is 146 Å². The number of hydrogen-bond donors (Lipinski definition) is 3. The van der Waals surface area contributed by atoms with Crippen LogP contribution in [-0.2, 0) is 110 Å². The van der Waals surface area contributed by atoms with E-state index in [4.69, 9.17) is 61.8 Å². The van der Waals surface area contributed by atoms with Gasteiger partial charge < -0.3 is 82.4 Å². The van der Waals surface area contributed by atoms with E-state index >= 15 is 0 Å². The van der Waals surface area contributed by atoms with Crippen LogP contribution in [0.25, 0.3) is 0 Å². The van der Waals surface area contributed by atoms with Crippen molar-refractivity contribution in [2.24, 2.45) is 16.8 Å². The molecule has 0 aromatic heterocycles. The third-order valence-electron chi connectivity index (χ3n) is 20.5. The predicted octanol–water partition coefficient (Wildman–Crippen LogP) is 9.35. The number of ether oxygens (including phenoxy) is 12. The maximum atomic E-state index is 14.6. The third kappa shape index (κ3) is 27.4. The summed E-state index contributed by atoms with van der Waals surface area (Å²) in [7, 11) is 1.52. The first-order chi connectivity index (χ1) is 57.1. The first kappa shape index (κ1) is 92.7. The van der Waals surface area contributed by atoms with E-state index in [1.54, 1.807) is 60.4 Å². The molecule has 0 bridgehead atoms. The van der Waals surface area contributed by atoms with Gasteiger partial charge >= 0.3 is 6.09 Å². The van der Waals surface area contributed by atoms with Gasteiger partial charge in [-0.1, -0.05) is 100 Å². The number of aliphatic imine (C=N–C) groups is 1. The normalized spacial score (nSPS) is 17.1. The number of amides is 7. The number of anilines is 1. The fourth-order valence-electron chi connectivity index (χ4n) is 14.0. The smallest absolute Gasteiger partial charge is 0.416 e. The summed E-state index contributed by atoms with van der Waals surface area (Å²) in [5, 5.41) is 17.7. The van der Waals surface area contributed by atoms with Crippen LogP contribution in [0.3, 0.4) is 0 Å². The highest BCUT2D eigenvalue weighted by molar-refractivity contribution is 8.01. The van der Waals surface area contributed by atoms with Crippen LogP contribution < -0.4 is 29.7 Å². The average molecular weight is 1660 g/mol. The Bertz CT molecular complexity index is 4180. The van der Waals surface area contributed by atoms with Crippen molar-refractivity contribution in [2.75, 3.05) is 144 Å². The van der Waals surface area contributed by atoms with Crippen molar-refractivity contribution in [3.05, 3.63) is 147 Å². The molecule has 5 aromatic carbocycles. The van der Waals surface area contributed by atoms with Crippen molar-refractivity contribution in [1.29, 1.82) is 0 Å². The molecule has 0 spiro atoms. The molecule has 0 aliphatic carbocycles. The molecule has 10 rings (SSSR count). The Labute approximate surface area is 696 Å². The van der Waals surface area contributed by atoms with Crippen molar-refractivity contribution in [3.63, 3.8) is 0 Å². The number of thioether (sulfide) groups is 1. The van der Waals surface area contributed by atoms with E-state index in [2.05, 4.69) is 16.7 Å². The van der Waals surface area contributed by atoms with Crippen LogP contribution in [0.15, 0.2) is 102 Å². The number of rotatable bonds is 48. The topological polar surface area (TPSA) is 334 Å². The number of nitrogens with zero attached hydrogens (tertiary/aromatic N) is 5. The number of methoxy groups -OCH3 is 1. The minimum Gasteiger partial charge on any atom is -0.493 e. The van der Waals surface area contributed by atoms with Crippen molar-refractivity contribution in [3.8, 4) is 17.2 Å². The van der Waals surface area contributed by atoms with Gasteiger partial charge in [0.25, 0.3) is 11.8 Å². The molecule has 29 nitrogen and oxygen atoms in total. The van der Waals surface area contributed by atoms with Gasteiger partial charge in [0.15, 0.2) is 23.5 Å². The van der Waals surface area contributed by atoms with E-state index in [0.717, 1.165) is 21.6 Å². The number of fused-ring (bicyclic) bond motifs is 6. The zero-order valence-corrected chi connectivity index (χ0v) is 70.3. The van der Waals surface area contributed by atoms with Crippen molar-refractivity contribution >= 4 is 82.5 Å². The Balaban J connectivity index is 0.000000343. The summed E-state index contributed by atoms with van der Waals surface area (Å²) in [6, 6.07) is 27.7. The largest absolute Gasteiger partial charge is 0.493 e. The van der Waals surface area contributed by atoms with Gasteiger partial charge in [-0.05, 0) is 103 Å². The lowest BCUT2D eigenvalue weighted by molar-refractivity contribution is -0.138. The van der Waals surface area contributed by atoms with Gasteiger partial charge in [0, 0.05) is 102 Å². The van der Waals surface area contributed by atoms with Gasteiger partial charge in [-0.25, -0.2) is 9.69 Å². The van der Waals surface area contributed by atoms with E-state index in [0.29, 0.717) is 183 Å². The summed E-state index contributed by atoms with van der Waals surface area (Å²) < 4.78 is 67.1. The number of imide groups is 1. The molecule has 642 valence electrons. The van der Waals surface area contributed by atoms with E-state index in [1.807, 2.05) is 102 Å². The third-order valence-corrected chi connectivity index (χ3v) is 21.8. The minimum absolute atomic E-state index is 0.0296. The number of likely N-dealkylation sites (tertiary alicyclic amines) is 1. The average Bonchev–Trinajstić information content (AvgIpc) is 1.58. The van der Waals surface area contributed by atoms with Crippen LogP contribution in [0, 0.1) is 18.8 Å². The van der Waals surface area contributed by atoms with E-state index in [9.17, 15) is 48.3 Å². The Morgan fingerprint density at radius 3 is 1.76 bits per heavy atom. The van der Waals surface area contributed by atoms with Crippen LogP contribution in [-0.4, -0.2) is 253 Å². The fourth-order valence-corrected chi connectivity index (χ4v) is 15.2. The van der Waals surface area contributed by atoms with Gasteiger partial charge in [-0.3, -0.25) is 48.2 Å². The number of aliphatic hydroxyl groups is 1. The molecule has 5 aliphatic heterocycles. The van der Waals surface area contributed by atoms with Crippen LogP contribution >= 0.6 is 11.8 Å².